The van der Waals surface area contributed by atoms with E-state index in [-0.39, 0.29) is 11.0 Å². The van der Waals surface area contributed by atoms with E-state index in [4.69, 9.17) is 4.74 Å². The van der Waals surface area contributed by atoms with Gasteiger partial charge in [0.2, 0.25) is 0 Å². The van der Waals surface area contributed by atoms with E-state index in [0.29, 0.717) is 0 Å². The molecule has 1 rings (SSSR count). The predicted octanol–water partition coefficient (Wildman–Crippen LogP) is 1.34. The average molecular weight is 214 g/mol. The van der Waals surface area contributed by atoms with Crippen LogP contribution in [-0.4, -0.2) is 50.3 Å². The molecular formula is C12H26N2O. The van der Waals surface area contributed by atoms with Gasteiger partial charge >= 0.3 is 0 Å². The van der Waals surface area contributed by atoms with E-state index in [2.05, 4.69) is 37.9 Å². The Morgan fingerprint density at radius 3 is 2.13 bits per heavy atom. The number of nitrogens with one attached hydrogen (secondary N) is 1. The molecule has 0 aromatic rings. The highest BCUT2D eigenvalue weighted by molar-refractivity contribution is 4.90. The summed E-state index contributed by atoms with van der Waals surface area (Å²) in [6.07, 6.45) is 0. The first-order valence-corrected chi connectivity index (χ1v) is 5.87. The fourth-order valence-electron chi connectivity index (χ4n) is 1.89. The topological polar surface area (TPSA) is 24.5 Å². The number of hydrogen-bond acceptors (Lipinski definition) is 3. The first-order valence-electron chi connectivity index (χ1n) is 5.87. The van der Waals surface area contributed by atoms with E-state index in [0.717, 1.165) is 32.7 Å². The van der Waals surface area contributed by atoms with E-state index in [1.165, 1.54) is 0 Å². The predicted molar refractivity (Wildman–Crippen MR) is 64.2 cm³/mol. The van der Waals surface area contributed by atoms with Crippen molar-refractivity contribution in [1.82, 2.24) is 10.2 Å². The van der Waals surface area contributed by atoms with Crippen LogP contribution in [0.1, 0.15) is 27.7 Å². The van der Waals surface area contributed by atoms with Crippen molar-refractivity contribution in [3.05, 3.63) is 0 Å². The van der Waals surface area contributed by atoms with Crippen molar-refractivity contribution in [3.8, 4) is 0 Å². The van der Waals surface area contributed by atoms with Gasteiger partial charge in [-0.05, 0) is 13.8 Å². The third-order valence-electron chi connectivity index (χ3n) is 3.97. The van der Waals surface area contributed by atoms with E-state index < -0.39 is 0 Å². The van der Waals surface area contributed by atoms with Crippen LogP contribution in [-0.2, 0) is 4.74 Å². The lowest BCUT2D eigenvalue weighted by Gasteiger charge is -2.44. The van der Waals surface area contributed by atoms with E-state index in [9.17, 15) is 0 Å². The Labute approximate surface area is 94.2 Å². The lowest BCUT2D eigenvalue weighted by atomic mass is 9.76. The number of nitrogens with zero attached hydrogens (tertiary/aromatic N) is 1. The number of rotatable bonds is 4. The molecular weight excluding hydrogens is 188 g/mol. The lowest BCUT2D eigenvalue weighted by Crippen LogP contribution is -2.52. The molecule has 0 aromatic carbocycles. The molecule has 0 aromatic heterocycles. The van der Waals surface area contributed by atoms with Crippen molar-refractivity contribution in [2.45, 2.75) is 33.3 Å². The van der Waals surface area contributed by atoms with Gasteiger partial charge in [0.1, 0.15) is 0 Å². The van der Waals surface area contributed by atoms with Crippen LogP contribution in [0.3, 0.4) is 0 Å². The van der Waals surface area contributed by atoms with Crippen molar-refractivity contribution in [2.75, 3.05) is 39.8 Å². The minimum atomic E-state index is -0.0716. The monoisotopic (exact) mass is 214 g/mol. The van der Waals surface area contributed by atoms with Crippen LogP contribution >= 0.6 is 0 Å². The van der Waals surface area contributed by atoms with Crippen LogP contribution in [0.2, 0.25) is 0 Å². The maximum atomic E-state index is 5.60. The highest BCUT2D eigenvalue weighted by atomic mass is 16.5. The van der Waals surface area contributed by atoms with Gasteiger partial charge < -0.3 is 15.0 Å². The maximum Gasteiger partial charge on any atom is 0.0685 e. The summed E-state index contributed by atoms with van der Waals surface area (Å²) >= 11 is 0. The fourth-order valence-corrected chi connectivity index (χ4v) is 1.89. The van der Waals surface area contributed by atoms with Gasteiger partial charge in [-0.1, -0.05) is 13.8 Å². The van der Waals surface area contributed by atoms with Crippen LogP contribution in [0, 0.1) is 5.41 Å². The zero-order valence-corrected chi connectivity index (χ0v) is 10.9. The van der Waals surface area contributed by atoms with Crippen LogP contribution < -0.4 is 5.32 Å². The number of hydrogen-bond donors (Lipinski definition) is 1. The zero-order valence-electron chi connectivity index (χ0n) is 10.9. The van der Waals surface area contributed by atoms with Crippen molar-refractivity contribution in [2.24, 2.45) is 5.41 Å². The molecule has 0 aliphatic carbocycles. The van der Waals surface area contributed by atoms with Crippen molar-refractivity contribution < 1.29 is 4.74 Å². The molecule has 90 valence electrons. The highest BCUT2D eigenvalue weighted by Crippen LogP contribution is 2.34. The smallest absolute Gasteiger partial charge is 0.0685 e. The van der Waals surface area contributed by atoms with E-state index in [1.807, 2.05) is 0 Å². The first-order chi connectivity index (χ1) is 6.89. The van der Waals surface area contributed by atoms with Crippen LogP contribution in [0.15, 0.2) is 0 Å². The number of methoxy groups -OCH3 is 1. The average Bonchev–Trinajstić information content (AvgIpc) is 2.18. The normalized spacial score (nSPS) is 20.6. The number of piperazine rings is 1. The summed E-state index contributed by atoms with van der Waals surface area (Å²) in [7, 11) is 1.81. The Kier molecular flexibility index (Phi) is 4.15. The largest absolute Gasteiger partial charge is 0.378 e. The molecule has 3 heteroatoms. The molecule has 0 spiro atoms. The molecule has 0 atom stereocenters. The third kappa shape index (κ3) is 3.16. The fraction of sp³-hybridized carbons (Fsp3) is 1.00. The quantitative estimate of drug-likeness (QED) is 0.764. The Morgan fingerprint density at radius 1 is 1.13 bits per heavy atom. The second kappa shape index (κ2) is 4.81. The molecule has 1 N–H and O–H groups in total. The third-order valence-corrected chi connectivity index (χ3v) is 3.97. The minimum Gasteiger partial charge on any atom is -0.378 e. The van der Waals surface area contributed by atoms with Crippen LogP contribution in [0.5, 0.6) is 0 Å². The number of ether oxygens (including phenoxy) is 1. The molecule has 0 radical (unpaired) electrons. The second-order valence-corrected chi connectivity index (χ2v) is 5.62. The van der Waals surface area contributed by atoms with E-state index >= 15 is 0 Å². The van der Waals surface area contributed by atoms with E-state index in [1.54, 1.807) is 7.11 Å². The van der Waals surface area contributed by atoms with Gasteiger partial charge in [0.25, 0.3) is 0 Å². The maximum absolute atomic E-state index is 5.60. The van der Waals surface area contributed by atoms with Gasteiger partial charge in [0, 0.05) is 45.2 Å². The zero-order chi connectivity index (χ0) is 11.5. The molecule has 3 nitrogen and oxygen atoms in total. The van der Waals surface area contributed by atoms with Gasteiger partial charge in [-0.2, -0.15) is 0 Å². The SMILES string of the molecule is COC(C)(C)C(C)(C)CN1CCNCC1. The summed E-state index contributed by atoms with van der Waals surface area (Å²) in [4.78, 5) is 2.53. The summed E-state index contributed by atoms with van der Waals surface area (Å²) in [5, 5.41) is 3.38. The van der Waals surface area contributed by atoms with Gasteiger partial charge in [-0.15, -0.1) is 0 Å². The highest BCUT2D eigenvalue weighted by Gasteiger charge is 2.38. The second-order valence-electron chi connectivity index (χ2n) is 5.62. The van der Waals surface area contributed by atoms with Crippen molar-refractivity contribution >= 4 is 0 Å². The summed E-state index contributed by atoms with van der Waals surface area (Å²) in [5.74, 6) is 0. The molecule has 0 amide bonds. The lowest BCUT2D eigenvalue weighted by molar-refractivity contribution is -0.0839. The van der Waals surface area contributed by atoms with Crippen molar-refractivity contribution in [1.29, 1.82) is 0 Å². The molecule has 0 bridgehead atoms. The molecule has 1 saturated heterocycles. The Balaban J connectivity index is 2.54. The summed E-state index contributed by atoms with van der Waals surface area (Å²) in [6, 6.07) is 0. The minimum absolute atomic E-state index is 0.0716. The Bertz CT molecular complexity index is 196. The summed E-state index contributed by atoms with van der Waals surface area (Å²) < 4.78 is 5.60. The van der Waals surface area contributed by atoms with Gasteiger partial charge in [0.05, 0.1) is 5.60 Å². The summed E-state index contributed by atoms with van der Waals surface area (Å²) in [5.41, 5.74) is 0.108. The van der Waals surface area contributed by atoms with Gasteiger partial charge in [0.15, 0.2) is 0 Å². The van der Waals surface area contributed by atoms with Gasteiger partial charge in [-0.25, -0.2) is 0 Å². The molecule has 0 unspecified atom stereocenters. The molecule has 1 fully saturated rings. The van der Waals surface area contributed by atoms with Crippen molar-refractivity contribution in [3.63, 3.8) is 0 Å². The molecule has 1 aliphatic heterocycles. The first kappa shape index (κ1) is 12.9. The molecule has 0 saturated carbocycles. The van der Waals surface area contributed by atoms with Gasteiger partial charge in [-0.3, -0.25) is 0 Å². The van der Waals surface area contributed by atoms with Crippen LogP contribution in [0.4, 0.5) is 0 Å². The Morgan fingerprint density at radius 2 is 1.67 bits per heavy atom. The standard InChI is InChI=1S/C12H26N2O/c1-11(2,12(3,4)15-5)10-14-8-6-13-7-9-14/h13H,6-10H2,1-5H3. The summed E-state index contributed by atoms with van der Waals surface area (Å²) in [6.45, 7) is 14.6. The molecule has 15 heavy (non-hydrogen) atoms. The van der Waals surface area contributed by atoms with Crippen LogP contribution in [0.25, 0.3) is 0 Å². The molecule has 1 heterocycles. The Hall–Kier alpha value is -0.120. The molecule has 1 aliphatic rings.